The van der Waals surface area contributed by atoms with Gasteiger partial charge in [0.1, 0.15) is 54.8 Å². The van der Waals surface area contributed by atoms with Gasteiger partial charge in [0.05, 0.1) is 19.5 Å². The highest BCUT2D eigenvalue weighted by atomic mass is 31.2. The molecule has 4 aromatic rings. The molecule has 2 aliphatic rings. The van der Waals surface area contributed by atoms with Crippen molar-refractivity contribution < 1.29 is 48.4 Å². The first-order valence-corrected chi connectivity index (χ1v) is 17.0. The number of aromatic nitrogens is 8. The summed E-state index contributed by atoms with van der Waals surface area (Å²) >= 11 is 0. The molecule has 0 radical (unpaired) electrons. The van der Waals surface area contributed by atoms with Crippen LogP contribution in [-0.4, -0.2) is 127 Å². The van der Waals surface area contributed by atoms with Crippen LogP contribution >= 0.6 is 7.82 Å². The third-order valence-electron chi connectivity index (χ3n) is 8.31. The van der Waals surface area contributed by atoms with Gasteiger partial charge in [-0.3, -0.25) is 18.2 Å². The highest BCUT2D eigenvalue weighted by molar-refractivity contribution is 7.47. The number of anilines is 3. The fourth-order valence-corrected chi connectivity index (χ4v) is 6.47. The van der Waals surface area contributed by atoms with Gasteiger partial charge < -0.3 is 57.3 Å². The van der Waals surface area contributed by atoms with Crippen molar-refractivity contribution in [1.29, 1.82) is 0 Å². The van der Waals surface area contributed by atoms with Gasteiger partial charge in [-0.1, -0.05) is 12.8 Å². The maximum atomic E-state index is 12.8. The van der Waals surface area contributed by atoms with Crippen LogP contribution in [0.1, 0.15) is 38.1 Å². The molecular formula is C26H39N12O10P. The van der Waals surface area contributed by atoms with Crippen LogP contribution in [0.4, 0.5) is 17.6 Å². The quantitative estimate of drug-likeness (QED) is 0.0482. The van der Waals surface area contributed by atoms with Gasteiger partial charge in [-0.05, 0) is 19.4 Å². The molecule has 2 aliphatic heterocycles. The molecule has 9 atom stereocenters. The van der Waals surface area contributed by atoms with Crippen molar-refractivity contribution >= 4 is 47.7 Å². The average Bonchev–Trinajstić information content (AvgIpc) is 3.82. The first-order chi connectivity index (χ1) is 23.5. The number of imidazole rings is 2. The Kier molecular flexibility index (Phi) is 10.5. The summed E-state index contributed by atoms with van der Waals surface area (Å²) in [4.78, 5) is 35.1. The van der Waals surface area contributed by atoms with Crippen LogP contribution < -0.4 is 22.5 Å². The first kappa shape index (κ1) is 35.2. The summed E-state index contributed by atoms with van der Waals surface area (Å²) in [7, 11) is -4.86. The van der Waals surface area contributed by atoms with Gasteiger partial charge in [-0.25, -0.2) is 34.5 Å². The monoisotopic (exact) mass is 710 g/mol. The second kappa shape index (κ2) is 14.7. The molecule has 0 amide bonds. The zero-order chi connectivity index (χ0) is 34.9. The van der Waals surface area contributed by atoms with Crippen molar-refractivity contribution in [3.8, 4) is 0 Å². The van der Waals surface area contributed by atoms with Crippen LogP contribution in [0.5, 0.6) is 0 Å². The normalized spacial score (nSPS) is 28.4. The molecule has 22 nitrogen and oxygen atoms in total. The molecule has 0 spiro atoms. The molecule has 6 rings (SSSR count). The number of unbranched alkanes of at least 4 members (excludes halogenated alkanes) is 3. The highest BCUT2D eigenvalue weighted by Crippen LogP contribution is 2.46. The van der Waals surface area contributed by atoms with Gasteiger partial charge in [0, 0.05) is 6.54 Å². The van der Waals surface area contributed by atoms with Gasteiger partial charge in [0.2, 0.25) is 5.95 Å². The Bertz CT molecular complexity index is 1800. The van der Waals surface area contributed by atoms with E-state index >= 15 is 0 Å². The predicted octanol–water partition coefficient (Wildman–Crippen LogP) is -1.87. The molecular weight excluding hydrogens is 671 g/mol. The Morgan fingerprint density at radius 3 is 2.06 bits per heavy atom. The van der Waals surface area contributed by atoms with Crippen molar-refractivity contribution in [2.45, 2.75) is 74.8 Å². The predicted molar refractivity (Wildman–Crippen MR) is 169 cm³/mol. The summed E-state index contributed by atoms with van der Waals surface area (Å²) in [6.07, 6.45) is -3.79. The van der Waals surface area contributed by atoms with E-state index in [1.807, 2.05) is 0 Å². The first-order valence-electron chi connectivity index (χ1n) is 15.5. The number of nitrogen functional groups attached to an aromatic ring is 2. The third-order valence-corrected chi connectivity index (χ3v) is 9.26. The van der Waals surface area contributed by atoms with E-state index in [0.717, 1.165) is 25.7 Å². The zero-order valence-electron chi connectivity index (χ0n) is 26.0. The lowest BCUT2D eigenvalue weighted by molar-refractivity contribution is -0.0605. The van der Waals surface area contributed by atoms with Crippen LogP contribution in [0.15, 0.2) is 19.0 Å². The van der Waals surface area contributed by atoms with Crippen LogP contribution in [0.2, 0.25) is 0 Å². The Morgan fingerprint density at radius 1 is 0.796 bits per heavy atom. The number of rotatable bonds is 15. The van der Waals surface area contributed by atoms with E-state index in [9.17, 15) is 29.9 Å². The summed E-state index contributed by atoms with van der Waals surface area (Å²) in [5.74, 6) is 0.447. The van der Waals surface area contributed by atoms with E-state index in [2.05, 4.69) is 35.2 Å². The minimum Gasteiger partial charge on any atom is -0.387 e. The summed E-state index contributed by atoms with van der Waals surface area (Å²) in [5.41, 5.74) is 18.3. The highest BCUT2D eigenvalue weighted by Gasteiger charge is 2.48. The van der Waals surface area contributed by atoms with Gasteiger partial charge in [-0.15, -0.1) is 0 Å². The number of hydrogen-bond acceptors (Lipinski definition) is 19. The Labute approximate surface area is 277 Å². The minimum absolute atomic E-state index is 0.0910. The number of aliphatic hydroxyl groups excluding tert-OH is 4. The van der Waals surface area contributed by atoms with Crippen molar-refractivity contribution in [3.05, 3.63) is 19.0 Å². The lowest BCUT2D eigenvalue weighted by Gasteiger charge is -2.20. The molecule has 1 unspecified atom stereocenters. The molecule has 2 fully saturated rings. The molecule has 6 heterocycles. The summed E-state index contributed by atoms with van der Waals surface area (Å²) < 4.78 is 37.4. The smallest absolute Gasteiger partial charge is 0.387 e. The largest absolute Gasteiger partial charge is 0.472 e. The molecule has 2 saturated heterocycles. The molecule has 23 heteroatoms. The fourth-order valence-electron chi connectivity index (χ4n) is 5.72. The van der Waals surface area contributed by atoms with Gasteiger partial charge in [-0.2, -0.15) is 0 Å². The molecule has 0 aromatic carbocycles. The molecule has 49 heavy (non-hydrogen) atoms. The van der Waals surface area contributed by atoms with Gasteiger partial charge in [0.25, 0.3) is 0 Å². The number of nitrogens with zero attached hydrogens (tertiary/aromatic N) is 8. The summed E-state index contributed by atoms with van der Waals surface area (Å²) in [5, 5.41) is 46.2. The molecule has 12 N–H and O–H groups in total. The lowest BCUT2D eigenvalue weighted by atomic mass is 10.1. The number of nitrogens with one attached hydrogen (secondary N) is 1. The molecule has 4 aromatic heterocycles. The second-order valence-corrected chi connectivity index (χ2v) is 13.1. The van der Waals surface area contributed by atoms with Crippen molar-refractivity contribution in [1.82, 2.24) is 39.0 Å². The van der Waals surface area contributed by atoms with Crippen LogP contribution in [-0.2, 0) is 23.1 Å². The molecule has 0 bridgehead atoms. The van der Waals surface area contributed by atoms with Crippen LogP contribution in [0.25, 0.3) is 22.3 Å². The van der Waals surface area contributed by atoms with Crippen molar-refractivity contribution in [2.24, 2.45) is 5.73 Å². The van der Waals surface area contributed by atoms with E-state index < -0.39 is 70.1 Å². The average molecular weight is 711 g/mol. The van der Waals surface area contributed by atoms with E-state index in [-0.39, 0.29) is 39.9 Å². The number of aliphatic hydroxyl groups is 4. The summed E-state index contributed by atoms with van der Waals surface area (Å²) in [6.45, 7) is -0.223. The lowest BCUT2D eigenvalue weighted by Crippen LogP contribution is -2.34. The molecule has 268 valence electrons. The van der Waals surface area contributed by atoms with E-state index in [1.165, 1.54) is 28.1 Å². The zero-order valence-corrected chi connectivity index (χ0v) is 26.9. The van der Waals surface area contributed by atoms with Gasteiger partial charge >= 0.3 is 7.82 Å². The van der Waals surface area contributed by atoms with Crippen LogP contribution in [0, 0.1) is 0 Å². The third kappa shape index (κ3) is 7.16. The standard InChI is InChI=1S/C26H39N12O10P/c27-5-3-1-2-4-6-30-26-36-15-21(29)32-10-34-23(15)38(26)25-19(42)17(40)13(48-25)8-46-49(43,44)45-7-12-16(39)18(41)24(47-12)37-11-35-14-20(28)31-9-33-22(14)37/h9-13,16-19,24-25,39-42H,1-8,27H2,(H,30,36)(H,43,44)(H2,28,31,33)(H2,29,32,34)/t12-,13-,16-,17-,18-,19-,24-,25-/m1/s1. The minimum atomic E-state index is -4.86. The van der Waals surface area contributed by atoms with E-state index in [4.69, 9.17) is 35.7 Å². The topological polar surface area (TPSA) is 332 Å². The van der Waals surface area contributed by atoms with Crippen LogP contribution in [0.3, 0.4) is 0 Å². The summed E-state index contributed by atoms with van der Waals surface area (Å²) in [6, 6.07) is 0. The number of fused-ring (bicyclic) bond motifs is 2. The SMILES string of the molecule is NCCCCCCNc1nc2c(N)ncnc2n1[C@@H]1O[C@H](COP(=O)(O)OC[C@H]2O[C@@H](n3cnc4c(N)ncnc43)[C@H](O)[C@@H]2O)[C@@H](O)[C@H]1O. The Hall–Kier alpha value is -3.67. The Morgan fingerprint density at radius 2 is 1.39 bits per heavy atom. The number of nitrogens with two attached hydrogens (primary N) is 3. The van der Waals surface area contributed by atoms with E-state index in [0.29, 0.717) is 13.1 Å². The van der Waals surface area contributed by atoms with Crippen molar-refractivity contribution in [2.75, 3.05) is 43.1 Å². The maximum absolute atomic E-state index is 12.8. The number of ether oxygens (including phenoxy) is 2. The maximum Gasteiger partial charge on any atom is 0.472 e. The number of hydrogen-bond donors (Lipinski definition) is 9. The molecule has 0 aliphatic carbocycles. The number of phosphoric ester groups is 1. The molecule has 0 saturated carbocycles. The number of phosphoric acid groups is 1. The van der Waals surface area contributed by atoms with Crippen molar-refractivity contribution in [3.63, 3.8) is 0 Å². The fraction of sp³-hybridized carbons (Fsp3) is 0.615. The second-order valence-electron chi connectivity index (χ2n) is 11.6. The Balaban J connectivity index is 1.08. The van der Waals surface area contributed by atoms with Gasteiger partial charge in [0.15, 0.2) is 40.9 Å². The van der Waals surface area contributed by atoms with E-state index in [1.54, 1.807) is 0 Å².